The topological polar surface area (TPSA) is 53.9 Å². The molecule has 0 heterocycles. The van der Waals surface area contributed by atoms with Gasteiger partial charge in [-0.15, -0.1) is 0 Å². The smallest absolute Gasteiger partial charge is 0.171 e. The van der Waals surface area contributed by atoms with Gasteiger partial charge < -0.3 is 22.8 Å². The summed E-state index contributed by atoms with van der Waals surface area (Å²) < 4.78 is 13.5. The summed E-state index contributed by atoms with van der Waals surface area (Å²) in [6.07, 6.45) is -0.350. The number of rotatable bonds is 7. The summed E-state index contributed by atoms with van der Waals surface area (Å²) in [4.78, 5) is 12.0. The molecule has 0 aliphatic rings. The third-order valence-electron chi connectivity index (χ3n) is 3.72. The number of halogens is 2. The SMILES string of the molecule is CC([NH2+]CCC(=O)c1ccccc1F)C(O)c1ccccc1.[Cl-]. The van der Waals surface area contributed by atoms with E-state index in [0.717, 1.165) is 5.56 Å². The number of carbonyl (C=O) groups excluding carboxylic acids is 1. The highest BCUT2D eigenvalue weighted by atomic mass is 35.5. The van der Waals surface area contributed by atoms with Gasteiger partial charge in [0, 0.05) is 0 Å². The van der Waals surface area contributed by atoms with E-state index in [1.165, 1.54) is 12.1 Å². The minimum Gasteiger partial charge on any atom is -1.00 e. The number of hydrogen-bond donors (Lipinski definition) is 2. The number of Topliss-reactive ketones (excluding diaryl/α,β-unsaturated/α-hetero) is 1. The van der Waals surface area contributed by atoms with Crippen LogP contribution < -0.4 is 17.7 Å². The van der Waals surface area contributed by atoms with Crippen LogP contribution in [0.3, 0.4) is 0 Å². The second kappa shape index (κ2) is 9.40. The molecule has 3 nitrogen and oxygen atoms in total. The highest BCUT2D eigenvalue weighted by Crippen LogP contribution is 2.14. The van der Waals surface area contributed by atoms with Crippen LogP contribution in [-0.4, -0.2) is 23.5 Å². The van der Waals surface area contributed by atoms with Crippen molar-refractivity contribution in [3.63, 3.8) is 0 Å². The fourth-order valence-corrected chi connectivity index (χ4v) is 2.38. The van der Waals surface area contributed by atoms with Crippen LogP contribution in [0.15, 0.2) is 54.6 Å². The predicted molar refractivity (Wildman–Crippen MR) is 83.0 cm³/mol. The van der Waals surface area contributed by atoms with E-state index in [0.29, 0.717) is 6.54 Å². The molecule has 0 amide bonds. The molecule has 0 radical (unpaired) electrons. The Morgan fingerprint density at radius 2 is 1.74 bits per heavy atom. The molecule has 3 N–H and O–H groups in total. The molecule has 0 fully saturated rings. The quantitative estimate of drug-likeness (QED) is 0.643. The van der Waals surface area contributed by atoms with Gasteiger partial charge in [0.15, 0.2) is 5.78 Å². The minimum atomic E-state index is -0.593. The van der Waals surface area contributed by atoms with Crippen molar-refractivity contribution in [2.75, 3.05) is 6.54 Å². The van der Waals surface area contributed by atoms with E-state index in [1.54, 1.807) is 12.1 Å². The number of benzene rings is 2. The molecule has 0 saturated heterocycles. The highest BCUT2D eigenvalue weighted by Gasteiger charge is 2.19. The van der Waals surface area contributed by atoms with Crippen LogP contribution in [0.2, 0.25) is 0 Å². The van der Waals surface area contributed by atoms with Crippen molar-refractivity contribution in [1.29, 1.82) is 0 Å². The number of hydrogen-bond acceptors (Lipinski definition) is 2. The van der Waals surface area contributed by atoms with Crippen molar-refractivity contribution in [2.24, 2.45) is 0 Å². The Bertz CT molecular complexity index is 621. The van der Waals surface area contributed by atoms with Crippen LogP contribution in [0.25, 0.3) is 0 Å². The number of aliphatic hydroxyl groups is 1. The number of aliphatic hydroxyl groups excluding tert-OH is 1. The average Bonchev–Trinajstić information content (AvgIpc) is 2.55. The fraction of sp³-hybridized carbons (Fsp3) is 0.278. The molecule has 124 valence electrons. The molecular formula is C18H21ClFNO2. The Hall–Kier alpha value is -1.75. The van der Waals surface area contributed by atoms with E-state index in [9.17, 15) is 14.3 Å². The Balaban J connectivity index is 0.00000264. The zero-order chi connectivity index (χ0) is 15.9. The summed E-state index contributed by atoms with van der Waals surface area (Å²) in [7, 11) is 0. The second-order valence-corrected chi connectivity index (χ2v) is 5.39. The van der Waals surface area contributed by atoms with E-state index in [-0.39, 0.29) is 36.2 Å². The van der Waals surface area contributed by atoms with E-state index in [1.807, 2.05) is 42.6 Å². The van der Waals surface area contributed by atoms with Gasteiger partial charge in [0.05, 0.1) is 18.5 Å². The summed E-state index contributed by atoms with van der Waals surface area (Å²) in [5.74, 6) is -0.694. The summed E-state index contributed by atoms with van der Waals surface area (Å²) >= 11 is 0. The molecule has 0 spiro atoms. The maximum absolute atomic E-state index is 13.5. The van der Waals surface area contributed by atoms with Gasteiger partial charge in [-0.1, -0.05) is 42.5 Å². The first-order valence-electron chi connectivity index (χ1n) is 7.43. The number of carbonyl (C=O) groups is 1. The lowest BCUT2D eigenvalue weighted by molar-refractivity contribution is -0.693. The van der Waals surface area contributed by atoms with Crippen molar-refractivity contribution in [3.05, 3.63) is 71.5 Å². The predicted octanol–water partition coefficient (Wildman–Crippen LogP) is -0.912. The third-order valence-corrected chi connectivity index (χ3v) is 3.72. The first-order chi connectivity index (χ1) is 10.6. The number of quaternary nitrogens is 1. The zero-order valence-electron chi connectivity index (χ0n) is 13.0. The lowest BCUT2D eigenvalue weighted by atomic mass is 10.0. The molecule has 2 unspecified atom stereocenters. The molecule has 2 aromatic carbocycles. The van der Waals surface area contributed by atoms with Gasteiger partial charge in [0.2, 0.25) is 0 Å². The first kappa shape index (κ1) is 19.3. The van der Waals surface area contributed by atoms with Crippen molar-refractivity contribution in [3.8, 4) is 0 Å². The molecule has 0 aromatic heterocycles. The Morgan fingerprint density at radius 3 is 2.39 bits per heavy atom. The molecule has 5 heteroatoms. The molecule has 0 bridgehead atoms. The first-order valence-corrected chi connectivity index (χ1v) is 7.43. The van der Waals surface area contributed by atoms with Crippen molar-refractivity contribution in [1.82, 2.24) is 0 Å². The lowest BCUT2D eigenvalue weighted by Crippen LogP contribution is -3.00. The summed E-state index contributed by atoms with van der Waals surface area (Å²) in [6.45, 7) is 2.42. The van der Waals surface area contributed by atoms with E-state index < -0.39 is 11.9 Å². The molecule has 0 aliphatic carbocycles. The van der Waals surface area contributed by atoms with Crippen LogP contribution in [0.4, 0.5) is 4.39 Å². The standard InChI is InChI=1S/C18H20FNO2.ClH/c1-13(18(22)14-7-3-2-4-8-14)20-12-11-17(21)15-9-5-6-10-16(15)19;/h2-10,13,18,20,22H,11-12H2,1H3;1H. The van der Waals surface area contributed by atoms with Crippen LogP contribution in [-0.2, 0) is 0 Å². The van der Waals surface area contributed by atoms with Crippen LogP contribution >= 0.6 is 0 Å². The average molecular weight is 338 g/mol. The Labute approximate surface area is 142 Å². The molecule has 0 aliphatic heterocycles. The van der Waals surface area contributed by atoms with E-state index in [4.69, 9.17) is 0 Å². The Kier molecular flexibility index (Phi) is 7.89. The van der Waals surface area contributed by atoms with Crippen LogP contribution in [0.1, 0.15) is 35.4 Å². The van der Waals surface area contributed by atoms with E-state index >= 15 is 0 Å². The molecule has 0 saturated carbocycles. The fourth-order valence-electron chi connectivity index (χ4n) is 2.38. The van der Waals surface area contributed by atoms with E-state index in [2.05, 4.69) is 0 Å². The van der Waals surface area contributed by atoms with Gasteiger partial charge in [0.25, 0.3) is 0 Å². The maximum atomic E-state index is 13.5. The third kappa shape index (κ3) is 5.43. The maximum Gasteiger partial charge on any atom is 0.171 e. The molecule has 23 heavy (non-hydrogen) atoms. The largest absolute Gasteiger partial charge is 1.00 e. The van der Waals surface area contributed by atoms with Gasteiger partial charge in [-0.05, 0) is 24.6 Å². The lowest BCUT2D eigenvalue weighted by Gasteiger charge is -2.17. The Morgan fingerprint density at radius 1 is 1.13 bits per heavy atom. The molecule has 2 rings (SSSR count). The normalized spacial score (nSPS) is 13.0. The number of nitrogens with two attached hydrogens (primary N) is 1. The van der Waals surface area contributed by atoms with Gasteiger partial charge in [-0.3, -0.25) is 4.79 Å². The van der Waals surface area contributed by atoms with Gasteiger partial charge in [0.1, 0.15) is 18.0 Å². The summed E-state index contributed by atoms with van der Waals surface area (Å²) in [6, 6.07) is 15.4. The molecule has 2 atom stereocenters. The van der Waals surface area contributed by atoms with Gasteiger partial charge >= 0.3 is 0 Å². The van der Waals surface area contributed by atoms with Crippen LogP contribution in [0, 0.1) is 5.82 Å². The van der Waals surface area contributed by atoms with Crippen molar-refractivity contribution in [2.45, 2.75) is 25.5 Å². The summed E-state index contributed by atoms with van der Waals surface area (Å²) in [5.41, 5.74) is 0.985. The molecular weight excluding hydrogens is 317 g/mol. The zero-order valence-corrected chi connectivity index (χ0v) is 13.7. The number of ketones is 1. The van der Waals surface area contributed by atoms with Gasteiger partial charge in [-0.2, -0.15) is 0 Å². The minimum absolute atomic E-state index is 0. The van der Waals surface area contributed by atoms with Crippen LogP contribution in [0.5, 0.6) is 0 Å². The second-order valence-electron chi connectivity index (χ2n) is 5.39. The highest BCUT2D eigenvalue weighted by molar-refractivity contribution is 5.96. The van der Waals surface area contributed by atoms with Crippen molar-refractivity contribution >= 4 is 5.78 Å². The van der Waals surface area contributed by atoms with Crippen molar-refractivity contribution < 1.29 is 32.0 Å². The monoisotopic (exact) mass is 337 g/mol. The molecule has 2 aromatic rings. The summed E-state index contributed by atoms with van der Waals surface area (Å²) in [5, 5.41) is 12.2. The van der Waals surface area contributed by atoms with Gasteiger partial charge in [-0.25, -0.2) is 4.39 Å².